The number of alkyl halides is 3. The number of hydrogen-bond donors (Lipinski definition) is 0. The molecule has 0 atom stereocenters. The average molecular weight is 217 g/mol. The van der Waals surface area contributed by atoms with Crippen LogP contribution in [0.5, 0.6) is 0 Å². The van der Waals surface area contributed by atoms with Crippen molar-refractivity contribution in [1.29, 1.82) is 5.26 Å². The van der Waals surface area contributed by atoms with Gasteiger partial charge >= 0.3 is 6.18 Å². The molecule has 0 saturated carbocycles. The smallest absolute Gasteiger partial charge is 0.207 e. The van der Waals surface area contributed by atoms with E-state index in [0.29, 0.717) is 6.07 Å². The molecule has 80 valence electrons. The Kier molecular flexibility index (Phi) is 3.30. The summed E-state index contributed by atoms with van der Waals surface area (Å²) in [6.07, 6.45) is -4.62. The fourth-order valence-corrected chi connectivity index (χ4v) is 1.22. The Balaban J connectivity index is 3.10. The number of nitrogens with zero attached hydrogens (tertiary/aromatic N) is 1. The molecule has 0 N–H and O–H groups in total. The van der Waals surface area contributed by atoms with Crippen LogP contribution in [0.3, 0.4) is 0 Å². The number of halogens is 4. The van der Waals surface area contributed by atoms with Crippen molar-refractivity contribution in [3.63, 3.8) is 0 Å². The second-order valence-corrected chi connectivity index (χ2v) is 2.96. The summed E-state index contributed by atoms with van der Waals surface area (Å²) in [7, 11) is 0. The number of aryl methyl sites for hydroxylation is 1. The predicted molar refractivity (Wildman–Crippen MR) is 45.3 cm³/mol. The third kappa shape index (κ3) is 2.94. The Morgan fingerprint density at radius 1 is 1.27 bits per heavy atom. The number of rotatable bonds is 2. The van der Waals surface area contributed by atoms with Crippen LogP contribution < -0.4 is 0 Å². The van der Waals surface area contributed by atoms with Gasteiger partial charge in [0.2, 0.25) is 0 Å². The van der Waals surface area contributed by atoms with Crippen molar-refractivity contribution in [2.24, 2.45) is 0 Å². The van der Waals surface area contributed by atoms with Crippen LogP contribution in [0.25, 0.3) is 0 Å². The first-order valence-electron chi connectivity index (χ1n) is 4.17. The van der Waals surface area contributed by atoms with Crippen LogP contribution in [-0.2, 0) is 12.6 Å². The molecule has 1 aromatic carbocycles. The molecular weight excluding hydrogens is 210 g/mol. The van der Waals surface area contributed by atoms with E-state index in [1.54, 1.807) is 6.07 Å². The molecule has 1 rings (SSSR count). The highest BCUT2D eigenvalue weighted by molar-refractivity contribution is 5.30. The van der Waals surface area contributed by atoms with E-state index in [1.165, 1.54) is 0 Å². The van der Waals surface area contributed by atoms with Crippen molar-refractivity contribution >= 4 is 0 Å². The van der Waals surface area contributed by atoms with Gasteiger partial charge in [-0.25, -0.2) is 4.39 Å². The lowest BCUT2D eigenvalue weighted by Gasteiger charge is -2.11. The van der Waals surface area contributed by atoms with Gasteiger partial charge in [-0.1, -0.05) is 6.07 Å². The lowest BCUT2D eigenvalue weighted by Crippen LogP contribution is -2.09. The molecule has 0 spiro atoms. The summed E-state index contributed by atoms with van der Waals surface area (Å²) in [5, 5.41) is 8.27. The van der Waals surface area contributed by atoms with Crippen molar-refractivity contribution in [1.82, 2.24) is 0 Å². The highest BCUT2D eigenvalue weighted by Crippen LogP contribution is 2.32. The minimum atomic E-state index is -4.58. The van der Waals surface area contributed by atoms with Gasteiger partial charge in [0.15, 0.2) is 0 Å². The predicted octanol–water partition coefficient (Wildman–Crippen LogP) is 3.30. The zero-order valence-corrected chi connectivity index (χ0v) is 7.61. The van der Waals surface area contributed by atoms with Gasteiger partial charge in [-0.2, -0.15) is 18.4 Å². The normalized spacial score (nSPS) is 11.1. The van der Waals surface area contributed by atoms with E-state index in [9.17, 15) is 17.6 Å². The monoisotopic (exact) mass is 217 g/mol. The Morgan fingerprint density at radius 3 is 2.47 bits per heavy atom. The lowest BCUT2D eigenvalue weighted by molar-refractivity contribution is -0.138. The molecule has 0 fully saturated rings. The second kappa shape index (κ2) is 4.30. The van der Waals surface area contributed by atoms with Crippen LogP contribution in [0, 0.1) is 17.1 Å². The summed E-state index contributed by atoms with van der Waals surface area (Å²) in [4.78, 5) is 0. The third-order valence-electron chi connectivity index (χ3n) is 1.88. The molecule has 0 saturated heterocycles. The SMILES string of the molecule is N#CCCc1ccc(F)cc1C(F)(F)F. The molecule has 0 aliphatic rings. The van der Waals surface area contributed by atoms with Gasteiger partial charge < -0.3 is 0 Å². The summed E-state index contributed by atoms with van der Waals surface area (Å²) in [5.74, 6) is -0.928. The minimum absolute atomic E-state index is 0.0191. The molecule has 0 unspecified atom stereocenters. The standard InChI is InChI=1S/C10H7F4N/c11-8-4-3-7(2-1-5-15)9(6-8)10(12,13)14/h3-4,6H,1-2H2. The first-order valence-corrected chi connectivity index (χ1v) is 4.17. The molecule has 0 aromatic heterocycles. The summed E-state index contributed by atoms with van der Waals surface area (Å²) >= 11 is 0. The first kappa shape index (κ1) is 11.5. The van der Waals surface area contributed by atoms with Gasteiger partial charge in [0.1, 0.15) is 5.82 Å². The maximum absolute atomic E-state index is 12.6. The van der Waals surface area contributed by atoms with E-state index in [1.807, 2.05) is 0 Å². The number of nitriles is 1. The van der Waals surface area contributed by atoms with Crippen LogP contribution in [0.15, 0.2) is 18.2 Å². The molecule has 1 aromatic rings. The van der Waals surface area contributed by atoms with Crippen LogP contribution in [0.4, 0.5) is 17.6 Å². The molecule has 0 amide bonds. The zero-order chi connectivity index (χ0) is 11.5. The Bertz CT molecular complexity index is 389. The van der Waals surface area contributed by atoms with Gasteiger partial charge in [0, 0.05) is 6.42 Å². The van der Waals surface area contributed by atoms with E-state index < -0.39 is 17.6 Å². The van der Waals surface area contributed by atoms with Crippen LogP contribution in [-0.4, -0.2) is 0 Å². The van der Waals surface area contributed by atoms with E-state index in [-0.39, 0.29) is 18.4 Å². The molecular formula is C10H7F4N. The summed E-state index contributed by atoms with van der Waals surface area (Å²) in [6.45, 7) is 0. The Labute approximate surface area is 83.9 Å². The zero-order valence-electron chi connectivity index (χ0n) is 7.61. The highest BCUT2D eigenvalue weighted by Gasteiger charge is 2.33. The molecule has 0 bridgehead atoms. The Morgan fingerprint density at radius 2 is 1.93 bits per heavy atom. The summed E-state index contributed by atoms with van der Waals surface area (Å²) in [6, 6.07) is 4.22. The van der Waals surface area contributed by atoms with E-state index in [2.05, 4.69) is 0 Å². The largest absolute Gasteiger partial charge is 0.416 e. The fraction of sp³-hybridized carbons (Fsp3) is 0.300. The first-order chi connectivity index (χ1) is 6.95. The molecule has 1 nitrogen and oxygen atoms in total. The maximum atomic E-state index is 12.6. The molecule has 0 heterocycles. The topological polar surface area (TPSA) is 23.8 Å². The second-order valence-electron chi connectivity index (χ2n) is 2.96. The van der Waals surface area contributed by atoms with Crippen LogP contribution >= 0.6 is 0 Å². The Hall–Kier alpha value is -1.57. The average Bonchev–Trinajstić information content (AvgIpc) is 2.14. The van der Waals surface area contributed by atoms with Gasteiger partial charge in [-0.15, -0.1) is 0 Å². The highest BCUT2D eigenvalue weighted by atomic mass is 19.4. The van der Waals surface area contributed by atoms with Gasteiger partial charge in [-0.05, 0) is 24.1 Å². The van der Waals surface area contributed by atoms with Gasteiger partial charge in [-0.3, -0.25) is 0 Å². The number of benzene rings is 1. The van der Waals surface area contributed by atoms with Crippen molar-refractivity contribution in [2.75, 3.05) is 0 Å². The van der Waals surface area contributed by atoms with E-state index in [4.69, 9.17) is 5.26 Å². The van der Waals surface area contributed by atoms with Crippen LogP contribution in [0.2, 0.25) is 0 Å². The van der Waals surface area contributed by atoms with E-state index in [0.717, 1.165) is 12.1 Å². The quantitative estimate of drug-likeness (QED) is 0.697. The summed E-state index contributed by atoms with van der Waals surface area (Å²) in [5.41, 5.74) is -1.05. The third-order valence-corrected chi connectivity index (χ3v) is 1.88. The van der Waals surface area contributed by atoms with Crippen molar-refractivity contribution in [2.45, 2.75) is 19.0 Å². The lowest BCUT2D eigenvalue weighted by atomic mass is 10.0. The minimum Gasteiger partial charge on any atom is -0.207 e. The van der Waals surface area contributed by atoms with E-state index >= 15 is 0 Å². The van der Waals surface area contributed by atoms with Crippen molar-refractivity contribution in [3.8, 4) is 6.07 Å². The molecule has 5 heteroatoms. The number of hydrogen-bond acceptors (Lipinski definition) is 1. The maximum Gasteiger partial charge on any atom is 0.416 e. The van der Waals surface area contributed by atoms with Gasteiger partial charge in [0.25, 0.3) is 0 Å². The van der Waals surface area contributed by atoms with Gasteiger partial charge in [0.05, 0.1) is 11.6 Å². The van der Waals surface area contributed by atoms with Crippen molar-refractivity contribution in [3.05, 3.63) is 35.1 Å². The molecule has 0 radical (unpaired) electrons. The molecule has 15 heavy (non-hydrogen) atoms. The molecule has 0 aliphatic heterocycles. The fourth-order valence-electron chi connectivity index (χ4n) is 1.22. The molecule has 0 aliphatic carbocycles. The van der Waals surface area contributed by atoms with Crippen molar-refractivity contribution < 1.29 is 17.6 Å². The van der Waals surface area contributed by atoms with Crippen LogP contribution in [0.1, 0.15) is 17.5 Å². The summed E-state index contributed by atoms with van der Waals surface area (Å²) < 4.78 is 49.9.